The van der Waals surface area contributed by atoms with Gasteiger partial charge in [-0.05, 0) is 37.5 Å². The molecule has 1 aromatic carbocycles. The maximum absolute atomic E-state index is 12.8. The van der Waals surface area contributed by atoms with Crippen molar-refractivity contribution in [3.63, 3.8) is 0 Å². The number of benzene rings is 1. The van der Waals surface area contributed by atoms with Crippen LogP contribution in [0, 0.1) is 17.2 Å². The minimum absolute atomic E-state index is 0.0127. The first-order valence-corrected chi connectivity index (χ1v) is 8.00. The molecule has 1 N–H and O–H groups in total. The van der Waals surface area contributed by atoms with Gasteiger partial charge in [0.25, 0.3) is 0 Å². The molecule has 24 heavy (non-hydrogen) atoms. The number of nitrogens with one attached hydrogen (secondary N) is 1. The van der Waals surface area contributed by atoms with Gasteiger partial charge in [-0.15, -0.1) is 0 Å². The van der Waals surface area contributed by atoms with Crippen molar-refractivity contribution in [1.29, 1.82) is 5.26 Å². The predicted octanol–water partition coefficient (Wildman–Crippen LogP) is 3.32. The molecule has 0 spiro atoms. The van der Waals surface area contributed by atoms with Crippen molar-refractivity contribution in [2.45, 2.75) is 32.4 Å². The Morgan fingerprint density at radius 3 is 2.58 bits per heavy atom. The summed E-state index contributed by atoms with van der Waals surface area (Å²) >= 11 is 0. The highest BCUT2D eigenvalue weighted by Crippen LogP contribution is 2.33. The lowest BCUT2D eigenvalue weighted by Crippen LogP contribution is -2.41. The van der Waals surface area contributed by atoms with Crippen molar-refractivity contribution in [3.05, 3.63) is 29.3 Å². The van der Waals surface area contributed by atoms with Gasteiger partial charge in [-0.3, -0.25) is 4.79 Å². The van der Waals surface area contributed by atoms with Crippen molar-refractivity contribution in [2.24, 2.45) is 5.92 Å². The molecule has 0 aliphatic carbocycles. The van der Waals surface area contributed by atoms with Crippen molar-refractivity contribution < 1.29 is 18.0 Å². The maximum Gasteiger partial charge on any atom is 0.416 e. The number of anilines is 1. The average molecular weight is 339 g/mol. The van der Waals surface area contributed by atoms with E-state index >= 15 is 0 Å². The highest BCUT2D eigenvalue weighted by atomic mass is 19.4. The monoisotopic (exact) mass is 339 g/mol. The van der Waals surface area contributed by atoms with Crippen LogP contribution in [0.1, 0.15) is 37.3 Å². The zero-order valence-electron chi connectivity index (χ0n) is 13.5. The van der Waals surface area contributed by atoms with Gasteiger partial charge in [-0.1, -0.05) is 6.92 Å². The molecule has 1 aliphatic rings. The number of nitriles is 1. The number of carbonyl (C=O) groups is 1. The van der Waals surface area contributed by atoms with Gasteiger partial charge in [0.2, 0.25) is 5.91 Å². The number of amides is 1. The molecule has 0 radical (unpaired) electrons. The van der Waals surface area contributed by atoms with Crippen LogP contribution in [0.15, 0.2) is 18.2 Å². The number of alkyl halides is 3. The second-order valence-corrected chi connectivity index (χ2v) is 5.89. The van der Waals surface area contributed by atoms with E-state index in [9.17, 15) is 18.0 Å². The van der Waals surface area contributed by atoms with E-state index in [1.807, 2.05) is 17.9 Å². The van der Waals surface area contributed by atoms with E-state index in [4.69, 9.17) is 5.26 Å². The summed E-state index contributed by atoms with van der Waals surface area (Å²) < 4.78 is 38.3. The average Bonchev–Trinajstić information content (AvgIpc) is 2.58. The van der Waals surface area contributed by atoms with E-state index in [0.29, 0.717) is 38.2 Å². The van der Waals surface area contributed by atoms with Gasteiger partial charge in [0, 0.05) is 25.6 Å². The Morgan fingerprint density at radius 1 is 1.38 bits per heavy atom. The maximum atomic E-state index is 12.8. The Morgan fingerprint density at radius 2 is 2.04 bits per heavy atom. The van der Waals surface area contributed by atoms with E-state index in [-0.39, 0.29) is 17.4 Å². The molecule has 2 rings (SSSR count). The van der Waals surface area contributed by atoms with E-state index in [1.165, 1.54) is 6.07 Å². The summed E-state index contributed by atoms with van der Waals surface area (Å²) in [6, 6.07) is 5.07. The van der Waals surface area contributed by atoms with E-state index < -0.39 is 11.7 Å². The number of hydrogen-bond acceptors (Lipinski definition) is 3. The Hall–Kier alpha value is -2.23. The molecule has 0 bridgehead atoms. The highest BCUT2D eigenvalue weighted by molar-refractivity contribution is 5.79. The molecular formula is C17H20F3N3O. The molecule has 1 fully saturated rings. The van der Waals surface area contributed by atoms with Gasteiger partial charge in [-0.2, -0.15) is 18.4 Å². The summed E-state index contributed by atoms with van der Waals surface area (Å²) in [5, 5.41) is 12.0. The summed E-state index contributed by atoms with van der Waals surface area (Å²) in [6.45, 7) is 3.72. The quantitative estimate of drug-likeness (QED) is 0.915. The molecule has 7 heteroatoms. The third-order valence-electron chi connectivity index (χ3n) is 4.20. The first-order valence-electron chi connectivity index (χ1n) is 8.00. The van der Waals surface area contributed by atoms with Crippen molar-refractivity contribution in [3.8, 4) is 6.07 Å². The fraction of sp³-hybridized carbons (Fsp3) is 0.529. The van der Waals surface area contributed by atoms with Crippen LogP contribution in [-0.4, -0.2) is 25.5 Å². The van der Waals surface area contributed by atoms with Crippen LogP contribution in [0.25, 0.3) is 0 Å². The fourth-order valence-electron chi connectivity index (χ4n) is 2.85. The first kappa shape index (κ1) is 18.1. The minimum atomic E-state index is -4.46. The topological polar surface area (TPSA) is 56.1 Å². The van der Waals surface area contributed by atoms with Crippen LogP contribution < -0.4 is 10.2 Å². The smallest absolute Gasteiger partial charge is 0.370 e. The van der Waals surface area contributed by atoms with Gasteiger partial charge >= 0.3 is 6.18 Å². The normalized spacial score (nSPS) is 15.9. The van der Waals surface area contributed by atoms with E-state index in [1.54, 1.807) is 0 Å². The second kappa shape index (κ2) is 7.56. The number of carbonyl (C=O) groups excluding carboxylic acids is 1. The molecule has 1 aromatic rings. The molecule has 4 nitrogen and oxygen atoms in total. The lowest BCUT2D eigenvalue weighted by atomic mass is 9.94. The van der Waals surface area contributed by atoms with Crippen molar-refractivity contribution in [2.75, 3.05) is 24.5 Å². The van der Waals surface area contributed by atoms with Crippen LogP contribution in [0.3, 0.4) is 0 Å². The summed E-state index contributed by atoms with van der Waals surface area (Å²) in [7, 11) is 0. The number of piperidine rings is 1. The molecule has 1 aliphatic heterocycles. The predicted molar refractivity (Wildman–Crippen MR) is 84.4 cm³/mol. The number of halogens is 3. The third-order valence-corrected chi connectivity index (χ3v) is 4.20. The van der Waals surface area contributed by atoms with Crippen LogP contribution in [-0.2, 0) is 11.0 Å². The largest absolute Gasteiger partial charge is 0.416 e. The number of nitrogens with zero attached hydrogens (tertiary/aromatic N) is 2. The molecule has 1 saturated heterocycles. The van der Waals surface area contributed by atoms with Crippen molar-refractivity contribution in [1.82, 2.24) is 5.32 Å². The minimum Gasteiger partial charge on any atom is -0.370 e. The number of hydrogen-bond donors (Lipinski definition) is 1. The van der Waals surface area contributed by atoms with Crippen molar-refractivity contribution >= 4 is 11.6 Å². The first-order chi connectivity index (χ1) is 11.4. The van der Waals surface area contributed by atoms with Gasteiger partial charge in [0.15, 0.2) is 0 Å². The Balaban J connectivity index is 2.07. The molecule has 0 atom stereocenters. The fourth-order valence-corrected chi connectivity index (χ4v) is 2.85. The lowest BCUT2D eigenvalue weighted by molar-refractivity contribution is -0.137. The third kappa shape index (κ3) is 4.19. The second-order valence-electron chi connectivity index (χ2n) is 5.89. The van der Waals surface area contributed by atoms with E-state index in [2.05, 4.69) is 5.32 Å². The standard InChI is InChI=1S/C17H20F3N3O/c1-2-7-22-16(24)12-5-8-23(9-6-12)15-4-3-14(17(18,19)20)10-13(15)11-21/h3-4,10,12H,2,5-9H2,1H3,(H,22,24). The Kier molecular flexibility index (Phi) is 5.71. The molecule has 130 valence electrons. The van der Waals surface area contributed by atoms with E-state index in [0.717, 1.165) is 18.6 Å². The molecule has 1 heterocycles. The van der Waals surface area contributed by atoms with Crippen LogP contribution in [0.4, 0.5) is 18.9 Å². The molecule has 0 unspecified atom stereocenters. The van der Waals surface area contributed by atoms with Crippen LogP contribution in [0.5, 0.6) is 0 Å². The zero-order valence-corrected chi connectivity index (χ0v) is 13.5. The zero-order chi connectivity index (χ0) is 17.7. The Bertz CT molecular complexity index is 629. The molecule has 1 amide bonds. The van der Waals surface area contributed by atoms with Gasteiger partial charge < -0.3 is 10.2 Å². The SMILES string of the molecule is CCCNC(=O)C1CCN(c2ccc(C(F)(F)F)cc2C#N)CC1. The molecule has 0 saturated carbocycles. The van der Waals surface area contributed by atoms with Gasteiger partial charge in [0.1, 0.15) is 6.07 Å². The van der Waals surface area contributed by atoms with Gasteiger partial charge in [0.05, 0.1) is 16.8 Å². The summed E-state index contributed by atoms with van der Waals surface area (Å²) in [6.07, 6.45) is -2.33. The van der Waals surface area contributed by atoms with Crippen LogP contribution in [0.2, 0.25) is 0 Å². The summed E-state index contributed by atoms with van der Waals surface area (Å²) in [4.78, 5) is 13.8. The van der Waals surface area contributed by atoms with Gasteiger partial charge in [-0.25, -0.2) is 0 Å². The highest BCUT2D eigenvalue weighted by Gasteiger charge is 2.32. The van der Waals surface area contributed by atoms with Crippen LogP contribution >= 0.6 is 0 Å². The summed E-state index contributed by atoms with van der Waals surface area (Å²) in [5.41, 5.74) is -0.312. The number of rotatable bonds is 4. The lowest BCUT2D eigenvalue weighted by Gasteiger charge is -2.33. The Labute approximate surface area is 139 Å². The summed E-state index contributed by atoms with van der Waals surface area (Å²) in [5.74, 6) is -0.0442. The molecule has 0 aromatic heterocycles. The molecular weight excluding hydrogens is 319 g/mol.